The summed E-state index contributed by atoms with van der Waals surface area (Å²) in [5, 5.41) is 22.2. The molecule has 1 aliphatic heterocycles. The number of nitriles is 1. The molecule has 3 rings (SSSR count). The number of amides is 2. The number of aliphatic hydroxyl groups is 1. The maximum Gasteiger partial charge on any atom is 0.317 e. The number of nitrogens with one attached hydrogen (secondary N) is 1. The molecule has 26 heavy (non-hydrogen) atoms. The molecular formula is C21H23N3O2. The zero-order valence-electron chi connectivity index (χ0n) is 14.6. The molecule has 1 saturated heterocycles. The average Bonchev–Trinajstić information content (AvgIpc) is 3.15. The lowest BCUT2D eigenvalue weighted by Crippen LogP contribution is -2.43. The number of carbonyl (C=O) groups is 1. The van der Waals surface area contributed by atoms with E-state index in [0.29, 0.717) is 25.1 Å². The third kappa shape index (κ3) is 4.41. The molecule has 0 saturated carbocycles. The minimum atomic E-state index is -0.562. The van der Waals surface area contributed by atoms with E-state index in [1.165, 1.54) is 0 Å². The molecule has 0 unspecified atom stereocenters. The Hall–Kier alpha value is -2.84. The van der Waals surface area contributed by atoms with Crippen LogP contribution in [0.5, 0.6) is 0 Å². The third-order valence-electron chi connectivity index (χ3n) is 4.84. The van der Waals surface area contributed by atoms with Gasteiger partial charge in [0.1, 0.15) is 0 Å². The van der Waals surface area contributed by atoms with Crippen LogP contribution in [0.3, 0.4) is 0 Å². The van der Waals surface area contributed by atoms with Crippen molar-refractivity contribution in [2.24, 2.45) is 0 Å². The zero-order chi connectivity index (χ0) is 18.4. The molecule has 2 aromatic carbocycles. The van der Waals surface area contributed by atoms with Gasteiger partial charge < -0.3 is 15.3 Å². The molecule has 0 aromatic heterocycles. The van der Waals surface area contributed by atoms with Crippen LogP contribution < -0.4 is 5.32 Å². The second-order valence-corrected chi connectivity index (χ2v) is 6.62. The van der Waals surface area contributed by atoms with Gasteiger partial charge in [0.15, 0.2) is 0 Å². The van der Waals surface area contributed by atoms with E-state index in [4.69, 9.17) is 5.26 Å². The van der Waals surface area contributed by atoms with E-state index in [-0.39, 0.29) is 12.1 Å². The van der Waals surface area contributed by atoms with Crippen molar-refractivity contribution >= 4 is 6.03 Å². The van der Waals surface area contributed by atoms with Crippen LogP contribution in [0.4, 0.5) is 4.79 Å². The maximum absolute atomic E-state index is 12.6. The number of nitrogens with zero attached hydrogens (tertiary/aromatic N) is 2. The summed E-state index contributed by atoms with van der Waals surface area (Å²) in [5.74, 6) is 0. The molecule has 2 atom stereocenters. The highest BCUT2D eigenvalue weighted by Gasteiger charge is 2.30. The van der Waals surface area contributed by atoms with E-state index in [0.717, 1.165) is 24.0 Å². The van der Waals surface area contributed by atoms with Crippen LogP contribution in [0.25, 0.3) is 0 Å². The Morgan fingerprint density at radius 1 is 1.23 bits per heavy atom. The van der Waals surface area contributed by atoms with Gasteiger partial charge in [-0.1, -0.05) is 42.5 Å². The van der Waals surface area contributed by atoms with E-state index < -0.39 is 6.10 Å². The van der Waals surface area contributed by atoms with Crippen LogP contribution in [0.15, 0.2) is 54.6 Å². The minimum Gasteiger partial charge on any atom is -0.388 e. The molecule has 5 nitrogen and oxygen atoms in total. The van der Waals surface area contributed by atoms with E-state index in [1.54, 1.807) is 12.1 Å². The number of hydrogen-bond acceptors (Lipinski definition) is 3. The highest BCUT2D eigenvalue weighted by molar-refractivity contribution is 5.74. The third-order valence-corrected chi connectivity index (χ3v) is 4.84. The number of carbonyl (C=O) groups excluding carboxylic acids is 1. The SMILES string of the molecule is N#Cc1ccc(CNC(=O)N2CCC[C@H]2C[C@H](O)c2ccccc2)cc1. The van der Waals surface area contributed by atoms with Crippen molar-refractivity contribution in [3.05, 3.63) is 71.3 Å². The molecule has 0 bridgehead atoms. The fourth-order valence-corrected chi connectivity index (χ4v) is 3.39. The Kier molecular flexibility index (Phi) is 5.88. The second kappa shape index (κ2) is 8.50. The Bertz CT molecular complexity index is 768. The van der Waals surface area contributed by atoms with Crippen molar-refractivity contribution in [3.63, 3.8) is 0 Å². The highest BCUT2D eigenvalue weighted by atomic mass is 16.3. The molecule has 2 N–H and O–H groups in total. The Labute approximate surface area is 153 Å². The van der Waals surface area contributed by atoms with Gasteiger partial charge in [-0.15, -0.1) is 0 Å². The fraction of sp³-hybridized carbons (Fsp3) is 0.333. The molecule has 134 valence electrons. The average molecular weight is 349 g/mol. The van der Waals surface area contributed by atoms with Crippen molar-refractivity contribution < 1.29 is 9.90 Å². The lowest BCUT2D eigenvalue weighted by molar-refractivity contribution is 0.126. The first-order valence-corrected chi connectivity index (χ1v) is 8.94. The van der Waals surface area contributed by atoms with Gasteiger partial charge in [-0.2, -0.15) is 5.26 Å². The molecule has 1 fully saturated rings. The van der Waals surface area contributed by atoms with Crippen molar-refractivity contribution in [1.82, 2.24) is 10.2 Å². The Morgan fingerprint density at radius 2 is 1.96 bits per heavy atom. The van der Waals surface area contributed by atoms with Crippen LogP contribution in [-0.2, 0) is 6.54 Å². The maximum atomic E-state index is 12.6. The largest absolute Gasteiger partial charge is 0.388 e. The Morgan fingerprint density at radius 3 is 2.65 bits per heavy atom. The van der Waals surface area contributed by atoms with E-state index in [9.17, 15) is 9.90 Å². The predicted octanol–water partition coefficient (Wildman–Crippen LogP) is 3.36. The molecule has 5 heteroatoms. The summed E-state index contributed by atoms with van der Waals surface area (Å²) >= 11 is 0. The molecule has 1 heterocycles. The monoisotopic (exact) mass is 349 g/mol. The molecule has 2 aromatic rings. The molecular weight excluding hydrogens is 326 g/mol. The minimum absolute atomic E-state index is 0.0474. The van der Waals surface area contributed by atoms with Crippen LogP contribution in [-0.4, -0.2) is 28.6 Å². The van der Waals surface area contributed by atoms with Crippen molar-refractivity contribution in [1.29, 1.82) is 5.26 Å². The number of benzene rings is 2. The molecule has 0 spiro atoms. The van der Waals surface area contributed by atoms with Gasteiger partial charge in [-0.05, 0) is 42.5 Å². The number of rotatable bonds is 5. The second-order valence-electron chi connectivity index (χ2n) is 6.62. The van der Waals surface area contributed by atoms with E-state index in [2.05, 4.69) is 11.4 Å². The smallest absolute Gasteiger partial charge is 0.317 e. The van der Waals surface area contributed by atoms with Crippen molar-refractivity contribution in [2.45, 2.75) is 38.0 Å². The van der Waals surface area contributed by atoms with E-state index >= 15 is 0 Å². The molecule has 0 aliphatic carbocycles. The molecule has 1 aliphatic rings. The number of hydrogen-bond donors (Lipinski definition) is 2. The first kappa shape index (κ1) is 18.0. The summed E-state index contributed by atoms with van der Waals surface area (Å²) in [5.41, 5.74) is 2.45. The number of urea groups is 1. The normalized spacial score (nSPS) is 17.5. The lowest BCUT2D eigenvalue weighted by Gasteiger charge is -2.27. The van der Waals surface area contributed by atoms with Gasteiger partial charge in [-0.25, -0.2) is 4.79 Å². The van der Waals surface area contributed by atoms with Crippen molar-refractivity contribution in [2.75, 3.05) is 6.54 Å². The first-order chi connectivity index (χ1) is 12.7. The van der Waals surface area contributed by atoms with Crippen LogP contribution in [0, 0.1) is 11.3 Å². The molecule has 0 radical (unpaired) electrons. The number of aliphatic hydroxyl groups excluding tert-OH is 1. The highest BCUT2D eigenvalue weighted by Crippen LogP contribution is 2.27. The lowest BCUT2D eigenvalue weighted by atomic mass is 10.0. The predicted molar refractivity (Wildman–Crippen MR) is 99.1 cm³/mol. The summed E-state index contributed by atoms with van der Waals surface area (Å²) < 4.78 is 0. The van der Waals surface area contributed by atoms with Gasteiger partial charge >= 0.3 is 6.03 Å². The Balaban J connectivity index is 1.55. The van der Waals surface area contributed by atoms with Crippen LogP contribution in [0.1, 0.15) is 42.1 Å². The van der Waals surface area contributed by atoms with Gasteiger partial charge in [-0.3, -0.25) is 0 Å². The molecule has 2 amide bonds. The van der Waals surface area contributed by atoms with Gasteiger partial charge in [0.25, 0.3) is 0 Å². The van der Waals surface area contributed by atoms with Gasteiger partial charge in [0, 0.05) is 19.1 Å². The summed E-state index contributed by atoms with van der Waals surface area (Å²) in [6, 6.07) is 18.8. The van der Waals surface area contributed by atoms with Gasteiger partial charge in [0.2, 0.25) is 0 Å². The zero-order valence-corrected chi connectivity index (χ0v) is 14.6. The van der Waals surface area contributed by atoms with Crippen LogP contribution in [0.2, 0.25) is 0 Å². The standard InChI is InChI=1S/C21H23N3O2/c22-14-16-8-10-17(11-9-16)15-23-21(26)24-12-4-7-19(24)13-20(25)18-5-2-1-3-6-18/h1-3,5-6,8-11,19-20,25H,4,7,12-13,15H2,(H,23,26)/t19-,20-/m0/s1. The topological polar surface area (TPSA) is 76.4 Å². The quantitative estimate of drug-likeness (QED) is 0.869. The van der Waals surface area contributed by atoms with E-state index in [1.807, 2.05) is 47.4 Å². The summed E-state index contributed by atoms with van der Waals surface area (Å²) in [7, 11) is 0. The van der Waals surface area contributed by atoms with Crippen LogP contribution >= 0.6 is 0 Å². The summed E-state index contributed by atoms with van der Waals surface area (Å²) in [4.78, 5) is 14.4. The first-order valence-electron chi connectivity index (χ1n) is 8.94. The summed E-state index contributed by atoms with van der Waals surface area (Å²) in [6.07, 6.45) is 1.85. The number of likely N-dealkylation sites (tertiary alicyclic amines) is 1. The van der Waals surface area contributed by atoms with Crippen molar-refractivity contribution in [3.8, 4) is 6.07 Å². The van der Waals surface area contributed by atoms with Gasteiger partial charge in [0.05, 0.1) is 17.7 Å². The summed E-state index contributed by atoms with van der Waals surface area (Å²) in [6.45, 7) is 1.14. The fourth-order valence-electron chi connectivity index (χ4n) is 3.39.